The lowest BCUT2D eigenvalue weighted by molar-refractivity contribution is 0.167. The normalized spacial score (nSPS) is 21.3. The SMILES string of the molecule is Cc1cc(O[C@@H]2CCCNC2)ccc1Br. The first kappa shape index (κ1) is 11.0. The van der Waals surface area contributed by atoms with Crippen LogP contribution >= 0.6 is 15.9 Å². The van der Waals surface area contributed by atoms with Gasteiger partial charge in [-0.25, -0.2) is 0 Å². The molecule has 0 saturated carbocycles. The minimum atomic E-state index is 0.333. The minimum Gasteiger partial charge on any atom is -0.489 e. The summed E-state index contributed by atoms with van der Waals surface area (Å²) in [4.78, 5) is 0. The summed E-state index contributed by atoms with van der Waals surface area (Å²) in [6, 6.07) is 6.14. The van der Waals surface area contributed by atoms with Crippen molar-refractivity contribution < 1.29 is 4.74 Å². The summed E-state index contributed by atoms with van der Waals surface area (Å²) in [7, 11) is 0. The van der Waals surface area contributed by atoms with Crippen LogP contribution in [0.1, 0.15) is 18.4 Å². The van der Waals surface area contributed by atoms with E-state index in [1.54, 1.807) is 0 Å². The molecule has 1 heterocycles. The minimum absolute atomic E-state index is 0.333. The van der Waals surface area contributed by atoms with Crippen LogP contribution < -0.4 is 10.1 Å². The maximum atomic E-state index is 5.91. The van der Waals surface area contributed by atoms with Crippen molar-refractivity contribution in [2.45, 2.75) is 25.9 Å². The molecule has 1 atom stereocenters. The van der Waals surface area contributed by atoms with Crippen LogP contribution in [-0.2, 0) is 0 Å². The molecule has 0 spiro atoms. The molecule has 1 aromatic rings. The first-order chi connectivity index (χ1) is 7.25. The van der Waals surface area contributed by atoms with Gasteiger partial charge in [0, 0.05) is 11.0 Å². The van der Waals surface area contributed by atoms with Gasteiger partial charge in [-0.2, -0.15) is 0 Å². The van der Waals surface area contributed by atoms with Crippen molar-refractivity contribution in [3.63, 3.8) is 0 Å². The van der Waals surface area contributed by atoms with E-state index in [1.165, 1.54) is 12.0 Å². The molecule has 1 fully saturated rings. The van der Waals surface area contributed by atoms with Gasteiger partial charge in [-0.3, -0.25) is 0 Å². The molecule has 1 N–H and O–H groups in total. The van der Waals surface area contributed by atoms with Gasteiger partial charge in [-0.05, 0) is 50.1 Å². The average molecular weight is 270 g/mol. The topological polar surface area (TPSA) is 21.3 Å². The van der Waals surface area contributed by atoms with Crippen LogP contribution in [0.3, 0.4) is 0 Å². The molecule has 1 aromatic carbocycles. The van der Waals surface area contributed by atoms with Crippen LogP contribution in [0.2, 0.25) is 0 Å². The van der Waals surface area contributed by atoms with Crippen LogP contribution in [0.5, 0.6) is 5.75 Å². The number of nitrogens with one attached hydrogen (secondary N) is 1. The highest BCUT2D eigenvalue weighted by atomic mass is 79.9. The predicted molar refractivity (Wildman–Crippen MR) is 65.4 cm³/mol. The van der Waals surface area contributed by atoms with Gasteiger partial charge in [0.1, 0.15) is 11.9 Å². The van der Waals surface area contributed by atoms with Crippen LogP contribution in [0.4, 0.5) is 0 Å². The fourth-order valence-electron chi connectivity index (χ4n) is 1.80. The van der Waals surface area contributed by atoms with Crippen molar-refractivity contribution in [2.75, 3.05) is 13.1 Å². The zero-order valence-corrected chi connectivity index (χ0v) is 10.5. The summed E-state index contributed by atoms with van der Waals surface area (Å²) in [6.07, 6.45) is 2.70. The summed E-state index contributed by atoms with van der Waals surface area (Å²) in [5.74, 6) is 0.976. The van der Waals surface area contributed by atoms with Crippen LogP contribution in [0, 0.1) is 6.92 Å². The Morgan fingerprint density at radius 2 is 2.33 bits per heavy atom. The second-order valence-corrected chi connectivity index (χ2v) is 4.85. The number of hydrogen-bond donors (Lipinski definition) is 1. The Bertz CT molecular complexity index is 334. The largest absolute Gasteiger partial charge is 0.489 e. The second kappa shape index (κ2) is 4.99. The van der Waals surface area contributed by atoms with E-state index in [2.05, 4.69) is 34.2 Å². The van der Waals surface area contributed by atoms with Gasteiger partial charge in [0.2, 0.25) is 0 Å². The van der Waals surface area contributed by atoms with E-state index in [1.807, 2.05) is 12.1 Å². The van der Waals surface area contributed by atoms with Crippen LogP contribution in [-0.4, -0.2) is 19.2 Å². The van der Waals surface area contributed by atoms with Gasteiger partial charge in [-0.15, -0.1) is 0 Å². The number of hydrogen-bond acceptors (Lipinski definition) is 2. The Labute approximate surface area is 99.1 Å². The lowest BCUT2D eigenvalue weighted by Crippen LogP contribution is -2.37. The van der Waals surface area contributed by atoms with Crippen molar-refractivity contribution in [3.05, 3.63) is 28.2 Å². The predicted octanol–water partition coefficient (Wildman–Crippen LogP) is 2.89. The first-order valence-corrected chi connectivity index (χ1v) is 6.18. The number of aryl methyl sites for hydroxylation is 1. The smallest absolute Gasteiger partial charge is 0.120 e. The molecule has 1 aliphatic heterocycles. The standard InChI is InChI=1S/C12H16BrNO/c1-9-7-10(4-5-12(9)13)15-11-3-2-6-14-8-11/h4-5,7,11,14H,2-3,6,8H2,1H3/t11-/m1/s1. The van der Waals surface area contributed by atoms with Crippen molar-refractivity contribution >= 4 is 15.9 Å². The highest BCUT2D eigenvalue weighted by Crippen LogP contribution is 2.23. The Balaban J connectivity index is 2.00. The Morgan fingerprint density at radius 1 is 1.47 bits per heavy atom. The molecule has 3 heteroatoms. The van der Waals surface area contributed by atoms with E-state index < -0.39 is 0 Å². The molecule has 0 amide bonds. The number of rotatable bonds is 2. The molecule has 82 valence electrons. The number of ether oxygens (including phenoxy) is 1. The summed E-state index contributed by atoms with van der Waals surface area (Å²) < 4.78 is 7.04. The molecule has 0 unspecified atom stereocenters. The summed E-state index contributed by atoms with van der Waals surface area (Å²) in [6.45, 7) is 4.17. The van der Waals surface area contributed by atoms with Crippen molar-refractivity contribution in [3.8, 4) is 5.75 Å². The van der Waals surface area contributed by atoms with Gasteiger partial charge in [0.05, 0.1) is 0 Å². The van der Waals surface area contributed by atoms with E-state index >= 15 is 0 Å². The molecular weight excluding hydrogens is 254 g/mol. The van der Waals surface area contributed by atoms with Crippen LogP contribution in [0.15, 0.2) is 22.7 Å². The van der Waals surface area contributed by atoms with E-state index in [9.17, 15) is 0 Å². The van der Waals surface area contributed by atoms with E-state index in [0.717, 1.165) is 29.7 Å². The zero-order chi connectivity index (χ0) is 10.7. The maximum absolute atomic E-state index is 5.91. The van der Waals surface area contributed by atoms with Gasteiger partial charge in [-0.1, -0.05) is 15.9 Å². The summed E-state index contributed by atoms with van der Waals surface area (Å²) in [5, 5.41) is 3.35. The van der Waals surface area contributed by atoms with E-state index in [4.69, 9.17) is 4.74 Å². The molecule has 2 rings (SSSR count). The fraction of sp³-hybridized carbons (Fsp3) is 0.500. The molecule has 1 saturated heterocycles. The third-order valence-electron chi connectivity index (χ3n) is 2.68. The fourth-order valence-corrected chi connectivity index (χ4v) is 2.05. The maximum Gasteiger partial charge on any atom is 0.120 e. The highest BCUT2D eigenvalue weighted by molar-refractivity contribution is 9.10. The van der Waals surface area contributed by atoms with Crippen molar-refractivity contribution in [1.82, 2.24) is 5.32 Å². The highest BCUT2D eigenvalue weighted by Gasteiger charge is 2.14. The summed E-state index contributed by atoms with van der Waals surface area (Å²) >= 11 is 3.49. The quantitative estimate of drug-likeness (QED) is 0.892. The Kier molecular flexibility index (Phi) is 3.65. The average Bonchev–Trinajstić information content (AvgIpc) is 2.25. The van der Waals surface area contributed by atoms with Crippen molar-refractivity contribution in [2.24, 2.45) is 0 Å². The number of halogens is 1. The molecule has 0 aliphatic carbocycles. The molecule has 0 bridgehead atoms. The molecule has 0 aromatic heterocycles. The van der Waals surface area contributed by atoms with Gasteiger partial charge < -0.3 is 10.1 Å². The van der Waals surface area contributed by atoms with E-state index in [0.29, 0.717) is 6.10 Å². The van der Waals surface area contributed by atoms with E-state index in [-0.39, 0.29) is 0 Å². The molecule has 2 nitrogen and oxygen atoms in total. The zero-order valence-electron chi connectivity index (χ0n) is 8.92. The van der Waals surface area contributed by atoms with Crippen LogP contribution in [0.25, 0.3) is 0 Å². The molecular formula is C12H16BrNO. The Morgan fingerprint density at radius 3 is 3.00 bits per heavy atom. The third-order valence-corrected chi connectivity index (χ3v) is 3.57. The number of piperidine rings is 1. The van der Waals surface area contributed by atoms with Crippen molar-refractivity contribution in [1.29, 1.82) is 0 Å². The molecule has 15 heavy (non-hydrogen) atoms. The second-order valence-electron chi connectivity index (χ2n) is 4.00. The third kappa shape index (κ3) is 2.95. The lowest BCUT2D eigenvalue weighted by Gasteiger charge is -2.24. The van der Waals surface area contributed by atoms with Gasteiger partial charge in [0.15, 0.2) is 0 Å². The Hall–Kier alpha value is -0.540. The number of benzene rings is 1. The molecule has 1 aliphatic rings. The summed E-state index contributed by atoms with van der Waals surface area (Å²) in [5.41, 5.74) is 1.22. The lowest BCUT2D eigenvalue weighted by atomic mass is 10.1. The monoisotopic (exact) mass is 269 g/mol. The van der Waals surface area contributed by atoms with Gasteiger partial charge >= 0.3 is 0 Å². The molecule has 0 radical (unpaired) electrons. The first-order valence-electron chi connectivity index (χ1n) is 5.39. The van der Waals surface area contributed by atoms with Gasteiger partial charge in [0.25, 0.3) is 0 Å².